The van der Waals surface area contributed by atoms with E-state index in [1.807, 2.05) is 0 Å². The van der Waals surface area contributed by atoms with Crippen molar-refractivity contribution in [1.29, 1.82) is 0 Å². The normalized spacial score (nSPS) is 38.9. The molecule has 5 nitrogen and oxygen atoms in total. The molecular weight excluding hydrogens is 174 g/mol. The second-order valence-electron chi connectivity index (χ2n) is 4.00. The third-order valence-electron chi connectivity index (χ3n) is 2.77. The predicted octanol–water partition coefficient (Wildman–Crippen LogP) is 0.0433. The summed E-state index contributed by atoms with van der Waals surface area (Å²) in [7, 11) is 0. The molecule has 0 aliphatic heterocycles. The fraction of sp³-hybridized carbons (Fsp3) is 0.750. The van der Waals surface area contributed by atoms with Gasteiger partial charge in [-0.1, -0.05) is 0 Å². The fourth-order valence-corrected chi connectivity index (χ4v) is 1.74. The molecule has 1 saturated carbocycles. The lowest BCUT2D eigenvalue weighted by Crippen LogP contribution is -2.46. The number of aliphatic carboxylic acids is 2. The van der Waals surface area contributed by atoms with Gasteiger partial charge in [-0.3, -0.25) is 9.59 Å². The monoisotopic (exact) mass is 187 g/mol. The van der Waals surface area contributed by atoms with Crippen LogP contribution in [-0.4, -0.2) is 27.7 Å². The van der Waals surface area contributed by atoms with Crippen LogP contribution in [-0.2, 0) is 9.59 Å². The Balaban J connectivity index is 2.85. The highest BCUT2D eigenvalue weighted by atomic mass is 16.4. The molecule has 13 heavy (non-hydrogen) atoms. The summed E-state index contributed by atoms with van der Waals surface area (Å²) in [5.74, 6) is -2.08. The molecule has 4 N–H and O–H groups in total. The first-order valence-corrected chi connectivity index (χ1v) is 4.06. The number of hydrogen-bond donors (Lipinski definition) is 3. The van der Waals surface area contributed by atoms with Crippen molar-refractivity contribution in [3.63, 3.8) is 0 Å². The van der Waals surface area contributed by atoms with Gasteiger partial charge in [0.2, 0.25) is 0 Å². The van der Waals surface area contributed by atoms with Gasteiger partial charge >= 0.3 is 11.9 Å². The highest BCUT2D eigenvalue weighted by Crippen LogP contribution is 2.42. The Hall–Kier alpha value is -1.10. The van der Waals surface area contributed by atoms with Crippen LogP contribution in [0.1, 0.15) is 26.2 Å². The number of carboxylic acid groups (broad SMARTS) is 2. The van der Waals surface area contributed by atoms with E-state index >= 15 is 0 Å². The van der Waals surface area contributed by atoms with E-state index in [9.17, 15) is 9.59 Å². The fourth-order valence-electron chi connectivity index (χ4n) is 1.74. The van der Waals surface area contributed by atoms with Crippen molar-refractivity contribution in [2.45, 2.75) is 31.7 Å². The van der Waals surface area contributed by atoms with Crippen molar-refractivity contribution in [3.8, 4) is 0 Å². The van der Waals surface area contributed by atoms with Gasteiger partial charge in [0.05, 0.1) is 5.41 Å². The van der Waals surface area contributed by atoms with Crippen LogP contribution in [0.4, 0.5) is 0 Å². The van der Waals surface area contributed by atoms with Crippen LogP contribution < -0.4 is 5.73 Å². The summed E-state index contributed by atoms with van der Waals surface area (Å²) < 4.78 is 0. The molecule has 0 heterocycles. The largest absolute Gasteiger partial charge is 0.481 e. The van der Waals surface area contributed by atoms with Crippen LogP contribution in [0.5, 0.6) is 0 Å². The van der Waals surface area contributed by atoms with E-state index < -0.39 is 22.9 Å². The minimum absolute atomic E-state index is 0.00463. The Morgan fingerprint density at radius 3 is 2.00 bits per heavy atom. The minimum atomic E-state index is -1.35. The average molecular weight is 187 g/mol. The first kappa shape index (κ1) is 9.98. The molecule has 0 amide bonds. The van der Waals surface area contributed by atoms with Crippen molar-refractivity contribution >= 4 is 11.9 Å². The maximum absolute atomic E-state index is 10.8. The van der Waals surface area contributed by atoms with Gasteiger partial charge in [0.15, 0.2) is 0 Å². The average Bonchev–Trinajstić information content (AvgIpc) is 2.30. The second-order valence-corrected chi connectivity index (χ2v) is 4.00. The summed E-state index contributed by atoms with van der Waals surface area (Å²) in [4.78, 5) is 21.5. The zero-order valence-corrected chi connectivity index (χ0v) is 7.41. The zero-order valence-electron chi connectivity index (χ0n) is 7.41. The van der Waals surface area contributed by atoms with Crippen LogP contribution >= 0.6 is 0 Å². The molecule has 2 atom stereocenters. The van der Waals surface area contributed by atoms with Crippen LogP contribution in [0, 0.1) is 5.41 Å². The van der Waals surface area contributed by atoms with E-state index in [1.54, 1.807) is 0 Å². The molecule has 0 aromatic rings. The number of nitrogens with two attached hydrogens (primary N) is 1. The molecule has 0 spiro atoms. The first-order valence-electron chi connectivity index (χ1n) is 4.06. The van der Waals surface area contributed by atoms with Gasteiger partial charge in [0.25, 0.3) is 0 Å². The lowest BCUT2D eigenvalue weighted by molar-refractivity contribution is -0.148. The highest BCUT2D eigenvalue weighted by Gasteiger charge is 2.51. The van der Waals surface area contributed by atoms with E-state index in [0.717, 1.165) is 0 Å². The van der Waals surface area contributed by atoms with Gasteiger partial charge in [0.1, 0.15) is 5.54 Å². The Labute approximate surface area is 75.5 Å². The lowest BCUT2D eigenvalue weighted by atomic mass is 9.86. The summed E-state index contributed by atoms with van der Waals surface area (Å²) in [5, 5.41) is 17.6. The van der Waals surface area contributed by atoms with E-state index in [2.05, 4.69) is 0 Å². The Morgan fingerprint density at radius 2 is 1.77 bits per heavy atom. The number of carboxylic acids is 2. The minimum Gasteiger partial charge on any atom is -0.481 e. The zero-order chi connectivity index (χ0) is 10.3. The molecule has 1 aliphatic carbocycles. The molecule has 1 aliphatic rings. The van der Waals surface area contributed by atoms with Gasteiger partial charge in [-0.25, -0.2) is 0 Å². The standard InChI is InChI=1S/C8H13NO4/c1-7(5(10)11)2-3-8(9,4-7)6(12)13/h2-4,9H2,1H3,(H,10,11)(H,12,13)/t7-,8-/m1/s1. The van der Waals surface area contributed by atoms with Crippen molar-refractivity contribution < 1.29 is 19.8 Å². The van der Waals surface area contributed by atoms with E-state index in [-0.39, 0.29) is 12.8 Å². The first-order chi connectivity index (χ1) is 5.80. The quantitative estimate of drug-likeness (QED) is 0.566. The van der Waals surface area contributed by atoms with E-state index in [0.29, 0.717) is 6.42 Å². The molecular formula is C8H13NO4. The van der Waals surface area contributed by atoms with Crippen LogP contribution in [0.2, 0.25) is 0 Å². The van der Waals surface area contributed by atoms with Crippen molar-refractivity contribution in [2.75, 3.05) is 0 Å². The van der Waals surface area contributed by atoms with Gasteiger partial charge in [-0.15, -0.1) is 0 Å². The van der Waals surface area contributed by atoms with Crippen molar-refractivity contribution in [2.24, 2.45) is 11.1 Å². The smallest absolute Gasteiger partial charge is 0.323 e. The van der Waals surface area contributed by atoms with Crippen LogP contribution in [0.25, 0.3) is 0 Å². The Bertz CT molecular complexity index is 239. The number of rotatable bonds is 2. The third-order valence-corrected chi connectivity index (χ3v) is 2.77. The molecule has 0 aromatic heterocycles. The summed E-state index contributed by atoms with van der Waals surface area (Å²) >= 11 is 0. The van der Waals surface area contributed by atoms with Gasteiger partial charge in [-0.2, -0.15) is 0 Å². The summed E-state index contributed by atoms with van der Waals surface area (Å²) in [6, 6.07) is 0. The Kier molecular flexibility index (Phi) is 2.07. The van der Waals surface area contributed by atoms with Gasteiger partial charge in [0, 0.05) is 0 Å². The lowest BCUT2D eigenvalue weighted by Gasteiger charge is -2.21. The number of hydrogen-bond acceptors (Lipinski definition) is 3. The molecule has 1 fully saturated rings. The molecule has 0 radical (unpaired) electrons. The van der Waals surface area contributed by atoms with Crippen molar-refractivity contribution in [3.05, 3.63) is 0 Å². The van der Waals surface area contributed by atoms with Gasteiger partial charge < -0.3 is 15.9 Å². The molecule has 1 rings (SSSR count). The van der Waals surface area contributed by atoms with Crippen LogP contribution in [0.3, 0.4) is 0 Å². The summed E-state index contributed by atoms with van der Waals surface area (Å²) in [5.41, 5.74) is 3.22. The summed E-state index contributed by atoms with van der Waals surface area (Å²) in [6.07, 6.45) is 0.556. The molecule has 0 saturated heterocycles. The molecule has 0 unspecified atom stereocenters. The SMILES string of the molecule is C[C@@]1(C(=O)O)CC[C@](N)(C(=O)O)C1. The molecule has 0 bridgehead atoms. The van der Waals surface area contributed by atoms with Crippen LogP contribution in [0.15, 0.2) is 0 Å². The Morgan fingerprint density at radius 1 is 1.23 bits per heavy atom. The molecule has 5 heteroatoms. The topological polar surface area (TPSA) is 101 Å². The van der Waals surface area contributed by atoms with E-state index in [1.165, 1.54) is 6.92 Å². The molecule has 0 aromatic carbocycles. The maximum atomic E-state index is 10.8. The second kappa shape index (κ2) is 2.70. The maximum Gasteiger partial charge on any atom is 0.323 e. The van der Waals surface area contributed by atoms with E-state index in [4.69, 9.17) is 15.9 Å². The van der Waals surface area contributed by atoms with Crippen molar-refractivity contribution in [1.82, 2.24) is 0 Å². The summed E-state index contributed by atoms with van der Waals surface area (Å²) in [6.45, 7) is 1.53. The molecule has 74 valence electrons. The third kappa shape index (κ3) is 1.51. The van der Waals surface area contributed by atoms with Gasteiger partial charge in [-0.05, 0) is 26.2 Å². The highest BCUT2D eigenvalue weighted by molar-refractivity contribution is 5.83. The predicted molar refractivity (Wildman–Crippen MR) is 44.1 cm³/mol. The number of carbonyl (C=O) groups is 2.